The fourth-order valence-corrected chi connectivity index (χ4v) is 7.28. The van der Waals surface area contributed by atoms with E-state index in [1.54, 1.807) is 6.07 Å². The van der Waals surface area contributed by atoms with Crippen molar-refractivity contribution in [1.29, 1.82) is 0 Å². The van der Waals surface area contributed by atoms with E-state index in [9.17, 15) is 9.90 Å². The molecule has 1 aromatic carbocycles. The van der Waals surface area contributed by atoms with Crippen LogP contribution < -0.4 is 10.1 Å². The number of hydrogen-bond acceptors (Lipinski definition) is 7. The van der Waals surface area contributed by atoms with E-state index in [1.165, 1.54) is 31.9 Å². The van der Waals surface area contributed by atoms with Crippen LogP contribution >= 0.6 is 0 Å². The van der Waals surface area contributed by atoms with Crippen LogP contribution in [-0.2, 0) is 22.4 Å². The van der Waals surface area contributed by atoms with E-state index >= 15 is 4.39 Å². The van der Waals surface area contributed by atoms with Gasteiger partial charge in [0.05, 0.1) is 13.2 Å². The summed E-state index contributed by atoms with van der Waals surface area (Å²) in [5, 5.41) is 13.8. The highest BCUT2D eigenvalue weighted by atomic mass is 19.1. The second kappa shape index (κ2) is 13.9. The summed E-state index contributed by atoms with van der Waals surface area (Å²) in [4.78, 5) is 21.9. The lowest BCUT2D eigenvalue weighted by molar-refractivity contribution is -0.143. The largest absolute Gasteiger partial charge is 0.493 e. The first kappa shape index (κ1) is 30.3. The number of carbonyl (C=O) groups is 1. The Hall–Kier alpha value is -2.75. The number of nitrogens with one attached hydrogen (secondary N) is 1. The minimum Gasteiger partial charge on any atom is -0.493 e. The molecule has 1 unspecified atom stereocenters. The molecule has 0 amide bonds. The van der Waals surface area contributed by atoms with Gasteiger partial charge in [-0.1, -0.05) is 12.5 Å². The van der Waals surface area contributed by atoms with E-state index in [0.29, 0.717) is 25.3 Å². The number of halogens is 1. The molecule has 0 spiro atoms. The Morgan fingerprint density at radius 3 is 2.72 bits per heavy atom. The molecule has 1 aliphatic carbocycles. The Morgan fingerprint density at radius 1 is 1.12 bits per heavy atom. The Balaban J connectivity index is 1.00. The summed E-state index contributed by atoms with van der Waals surface area (Å²) in [6.45, 7) is 4.81. The summed E-state index contributed by atoms with van der Waals surface area (Å²) < 4.78 is 27.0. The van der Waals surface area contributed by atoms with Crippen LogP contribution in [0.4, 0.5) is 10.2 Å². The maximum absolute atomic E-state index is 15.3. The van der Waals surface area contributed by atoms with Gasteiger partial charge in [0, 0.05) is 43.5 Å². The van der Waals surface area contributed by atoms with Gasteiger partial charge < -0.3 is 24.8 Å². The van der Waals surface area contributed by atoms with Gasteiger partial charge in [0.15, 0.2) is 11.6 Å². The number of pyridine rings is 1. The number of ether oxygens (including phenoxy) is 2. The lowest BCUT2D eigenvalue weighted by Crippen LogP contribution is -2.35. The molecule has 234 valence electrons. The number of methoxy groups -OCH3 is 1. The Kier molecular flexibility index (Phi) is 9.80. The number of aryl methyl sites for hydroxylation is 2. The van der Waals surface area contributed by atoms with Crippen molar-refractivity contribution in [2.45, 2.75) is 94.7 Å². The van der Waals surface area contributed by atoms with Gasteiger partial charge >= 0.3 is 5.97 Å². The number of benzene rings is 1. The van der Waals surface area contributed by atoms with Crippen molar-refractivity contribution in [3.63, 3.8) is 0 Å². The zero-order valence-electron chi connectivity index (χ0n) is 25.5. The quantitative estimate of drug-likeness (QED) is 0.292. The first-order valence-electron chi connectivity index (χ1n) is 16.4. The SMILES string of the molecule is COc1c(F)cc(C2CCN(C3CC3)CC2)cc1C(C(=O)O)N1CC[C@@H](OCCCCCc2ccc3c(n2)NCCC3)C1. The van der Waals surface area contributed by atoms with Gasteiger partial charge in [-0.3, -0.25) is 9.69 Å². The van der Waals surface area contributed by atoms with Crippen LogP contribution in [0.1, 0.15) is 92.1 Å². The van der Waals surface area contributed by atoms with Crippen LogP contribution in [-0.4, -0.2) is 84.4 Å². The van der Waals surface area contributed by atoms with Crippen molar-refractivity contribution in [2.24, 2.45) is 0 Å². The summed E-state index contributed by atoms with van der Waals surface area (Å²) in [6.07, 6.45) is 11.6. The molecule has 4 heterocycles. The molecule has 6 rings (SSSR count). The molecule has 1 saturated carbocycles. The van der Waals surface area contributed by atoms with E-state index in [-0.39, 0.29) is 17.8 Å². The molecule has 1 aromatic heterocycles. The first-order chi connectivity index (χ1) is 21.0. The van der Waals surface area contributed by atoms with Gasteiger partial charge in [-0.2, -0.15) is 0 Å². The van der Waals surface area contributed by atoms with E-state index in [2.05, 4.69) is 22.3 Å². The van der Waals surface area contributed by atoms with Crippen molar-refractivity contribution < 1.29 is 23.8 Å². The van der Waals surface area contributed by atoms with Gasteiger partial charge in [-0.05, 0) is 113 Å². The summed E-state index contributed by atoms with van der Waals surface area (Å²) in [6, 6.07) is 7.60. The van der Waals surface area contributed by atoms with Crippen molar-refractivity contribution >= 4 is 11.8 Å². The number of carboxylic acids is 1. The zero-order valence-corrected chi connectivity index (χ0v) is 25.5. The maximum Gasteiger partial charge on any atom is 0.325 e. The molecule has 3 aliphatic heterocycles. The molecule has 2 N–H and O–H groups in total. The first-order valence-corrected chi connectivity index (χ1v) is 16.4. The van der Waals surface area contributed by atoms with Crippen molar-refractivity contribution in [3.8, 4) is 5.75 Å². The number of hydrogen-bond donors (Lipinski definition) is 2. The van der Waals surface area contributed by atoms with Crippen LogP contribution in [0.5, 0.6) is 5.75 Å². The van der Waals surface area contributed by atoms with Crippen molar-refractivity contribution in [1.82, 2.24) is 14.8 Å². The third-order valence-corrected chi connectivity index (χ3v) is 9.82. The lowest BCUT2D eigenvalue weighted by Gasteiger charge is -2.33. The normalized spacial score (nSPS) is 22.2. The smallest absolute Gasteiger partial charge is 0.325 e. The molecular formula is C34H47FN4O4. The van der Waals surface area contributed by atoms with Crippen LogP contribution in [0.2, 0.25) is 0 Å². The molecular weight excluding hydrogens is 547 g/mol. The molecule has 9 heteroatoms. The number of nitrogens with zero attached hydrogens (tertiary/aromatic N) is 3. The fraction of sp³-hybridized carbons (Fsp3) is 0.647. The van der Waals surface area contributed by atoms with E-state index < -0.39 is 17.8 Å². The number of aliphatic carboxylic acids is 1. The Morgan fingerprint density at radius 2 is 1.95 bits per heavy atom. The number of aromatic nitrogens is 1. The monoisotopic (exact) mass is 594 g/mol. The summed E-state index contributed by atoms with van der Waals surface area (Å²) in [7, 11) is 1.42. The highest BCUT2D eigenvalue weighted by Gasteiger charge is 2.38. The predicted molar refractivity (Wildman–Crippen MR) is 164 cm³/mol. The minimum absolute atomic E-state index is 0.0268. The van der Waals surface area contributed by atoms with Crippen LogP contribution in [0, 0.1) is 5.82 Å². The number of unbranched alkanes of at least 4 members (excludes halogenated alkanes) is 2. The lowest BCUT2D eigenvalue weighted by atomic mass is 9.87. The number of rotatable bonds is 13. The second-order valence-corrected chi connectivity index (χ2v) is 12.8. The predicted octanol–water partition coefficient (Wildman–Crippen LogP) is 5.56. The van der Waals surface area contributed by atoms with Crippen molar-refractivity contribution in [2.75, 3.05) is 51.8 Å². The number of fused-ring (bicyclic) bond motifs is 1. The highest BCUT2D eigenvalue weighted by Crippen LogP contribution is 2.40. The van der Waals surface area contributed by atoms with E-state index in [1.807, 2.05) is 11.0 Å². The van der Waals surface area contributed by atoms with Gasteiger partial charge in [0.1, 0.15) is 11.9 Å². The van der Waals surface area contributed by atoms with Gasteiger partial charge in [-0.15, -0.1) is 0 Å². The average molecular weight is 595 g/mol. The highest BCUT2D eigenvalue weighted by molar-refractivity contribution is 5.77. The van der Waals surface area contributed by atoms with Gasteiger partial charge in [-0.25, -0.2) is 9.37 Å². The summed E-state index contributed by atoms with van der Waals surface area (Å²) in [5.41, 5.74) is 3.77. The molecule has 0 radical (unpaired) electrons. The third kappa shape index (κ3) is 7.32. The Bertz CT molecular complexity index is 1260. The van der Waals surface area contributed by atoms with Crippen LogP contribution in [0.25, 0.3) is 0 Å². The number of carboxylic acid groups (broad SMARTS) is 1. The number of likely N-dealkylation sites (tertiary alicyclic amines) is 2. The third-order valence-electron chi connectivity index (χ3n) is 9.82. The number of anilines is 1. The molecule has 2 aromatic rings. The van der Waals surface area contributed by atoms with Gasteiger partial charge in [0.2, 0.25) is 0 Å². The molecule has 0 bridgehead atoms. The summed E-state index contributed by atoms with van der Waals surface area (Å²) >= 11 is 0. The van der Waals surface area contributed by atoms with Crippen LogP contribution in [0.3, 0.4) is 0 Å². The fourth-order valence-electron chi connectivity index (χ4n) is 7.28. The topological polar surface area (TPSA) is 87.2 Å². The average Bonchev–Trinajstić information content (AvgIpc) is 3.77. The molecule has 2 atom stereocenters. The maximum atomic E-state index is 15.3. The molecule has 8 nitrogen and oxygen atoms in total. The molecule has 43 heavy (non-hydrogen) atoms. The molecule has 3 fully saturated rings. The van der Waals surface area contributed by atoms with E-state index in [4.69, 9.17) is 14.5 Å². The number of piperidine rings is 1. The molecule has 2 saturated heterocycles. The minimum atomic E-state index is -0.981. The second-order valence-electron chi connectivity index (χ2n) is 12.8. The van der Waals surface area contributed by atoms with E-state index in [0.717, 1.165) is 94.1 Å². The Labute approximate surface area is 254 Å². The zero-order chi connectivity index (χ0) is 29.8. The summed E-state index contributed by atoms with van der Waals surface area (Å²) in [5.74, 6) is -0.123. The molecule has 4 aliphatic rings. The van der Waals surface area contributed by atoms with Crippen molar-refractivity contribution in [3.05, 3.63) is 52.5 Å². The van der Waals surface area contributed by atoms with Crippen LogP contribution in [0.15, 0.2) is 24.3 Å². The standard InChI is InChI=1S/C34H47FN4O4/c1-42-32-29(20-25(21-30(32)35)23-12-16-38(17-13-23)27-10-11-27)31(34(40)41)39-18-14-28(22-39)43-19-4-2-3-7-26-9-8-24-6-5-15-36-33(24)37-26/h8-9,20-21,23,27-28,31H,2-7,10-19,22H2,1H3,(H,36,37)(H,40,41)/t28-,31?/m1/s1. The van der Waals surface area contributed by atoms with Gasteiger partial charge in [0.25, 0.3) is 0 Å².